The largest absolute Gasteiger partial charge is 0.379 e. The topological polar surface area (TPSA) is 41.6 Å². The number of nitrogens with zero attached hydrogens (tertiary/aromatic N) is 1. The Kier molecular flexibility index (Phi) is 6.42. The second-order valence-electron chi connectivity index (χ2n) is 6.84. The summed E-state index contributed by atoms with van der Waals surface area (Å²) in [4.78, 5) is 14.9. The smallest absolute Gasteiger partial charge is 0.251 e. The van der Waals surface area contributed by atoms with E-state index in [-0.39, 0.29) is 11.9 Å². The number of amides is 1. The number of rotatable bonds is 6. The molecule has 2 aromatic rings. The van der Waals surface area contributed by atoms with Crippen molar-refractivity contribution in [3.05, 3.63) is 70.8 Å². The van der Waals surface area contributed by atoms with Crippen molar-refractivity contribution in [3.63, 3.8) is 0 Å². The van der Waals surface area contributed by atoms with Crippen LogP contribution in [-0.2, 0) is 11.2 Å². The summed E-state index contributed by atoms with van der Waals surface area (Å²) >= 11 is 0. The Balaban J connectivity index is 1.72. The van der Waals surface area contributed by atoms with Gasteiger partial charge in [0.2, 0.25) is 0 Å². The first-order valence-electron chi connectivity index (χ1n) is 9.43. The summed E-state index contributed by atoms with van der Waals surface area (Å²) in [6.45, 7) is 8.05. The Morgan fingerprint density at radius 2 is 1.73 bits per heavy atom. The first kappa shape index (κ1) is 18.6. The van der Waals surface area contributed by atoms with E-state index < -0.39 is 0 Å². The normalized spacial score (nSPS) is 16.2. The Hall–Kier alpha value is -2.17. The third-order valence-corrected chi connectivity index (χ3v) is 5.03. The molecule has 1 saturated heterocycles. The summed E-state index contributed by atoms with van der Waals surface area (Å²) in [5.41, 5.74) is 4.44. The first-order chi connectivity index (χ1) is 12.7. The minimum atomic E-state index is -0.0200. The highest BCUT2D eigenvalue weighted by Crippen LogP contribution is 2.22. The quantitative estimate of drug-likeness (QED) is 0.867. The summed E-state index contributed by atoms with van der Waals surface area (Å²) < 4.78 is 5.50. The second-order valence-corrected chi connectivity index (χ2v) is 6.84. The van der Waals surface area contributed by atoms with Gasteiger partial charge in [-0.1, -0.05) is 48.9 Å². The van der Waals surface area contributed by atoms with Crippen molar-refractivity contribution < 1.29 is 9.53 Å². The lowest BCUT2D eigenvalue weighted by atomic mass is 10.0. The van der Waals surface area contributed by atoms with E-state index in [0.29, 0.717) is 12.1 Å². The molecule has 1 amide bonds. The van der Waals surface area contributed by atoms with Gasteiger partial charge >= 0.3 is 0 Å². The summed E-state index contributed by atoms with van der Waals surface area (Å²) in [5, 5.41) is 3.12. The maximum Gasteiger partial charge on any atom is 0.251 e. The molecule has 0 unspecified atom stereocenters. The fourth-order valence-corrected chi connectivity index (χ4v) is 3.32. The summed E-state index contributed by atoms with van der Waals surface area (Å²) in [7, 11) is 0. The van der Waals surface area contributed by atoms with Crippen molar-refractivity contribution in [3.8, 4) is 0 Å². The number of carbonyl (C=O) groups excluding carboxylic acids is 1. The molecule has 1 heterocycles. The fraction of sp³-hybridized carbons (Fsp3) is 0.409. The molecule has 0 aliphatic carbocycles. The van der Waals surface area contributed by atoms with E-state index in [2.05, 4.69) is 41.4 Å². The van der Waals surface area contributed by atoms with Crippen LogP contribution in [0.3, 0.4) is 0 Å². The highest BCUT2D eigenvalue weighted by molar-refractivity contribution is 5.94. The fourth-order valence-electron chi connectivity index (χ4n) is 3.32. The maximum atomic E-state index is 12.5. The SMILES string of the molecule is CCc1ccc([C@@H](CNC(=O)c2ccc(C)cc2)N2CCOCC2)cc1. The van der Waals surface area contributed by atoms with Gasteiger partial charge in [-0.2, -0.15) is 0 Å². The standard InChI is InChI=1S/C22H28N2O2/c1-3-18-6-10-19(11-7-18)21(24-12-14-26-15-13-24)16-23-22(25)20-8-4-17(2)5-9-20/h4-11,21H,3,12-16H2,1-2H3,(H,23,25)/t21-/m1/s1. The number of benzene rings is 2. The summed E-state index contributed by atoms with van der Waals surface area (Å²) in [5.74, 6) is -0.0200. The van der Waals surface area contributed by atoms with E-state index in [1.165, 1.54) is 11.1 Å². The van der Waals surface area contributed by atoms with Crippen LogP contribution < -0.4 is 5.32 Å². The Bertz CT molecular complexity index is 704. The van der Waals surface area contributed by atoms with Crippen LogP contribution in [0.2, 0.25) is 0 Å². The van der Waals surface area contributed by atoms with Gasteiger partial charge in [0.25, 0.3) is 5.91 Å². The van der Waals surface area contributed by atoms with Gasteiger partial charge < -0.3 is 10.1 Å². The van der Waals surface area contributed by atoms with Crippen LogP contribution >= 0.6 is 0 Å². The van der Waals surface area contributed by atoms with Gasteiger partial charge in [0.05, 0.1) is 19.3 Å². The molecule has 2 aromatic carbocycles. The average molecular weight is 352 g/mol. The maximum absolute atomic E-state index is 12.5. The molecular formula is C22H28N2O2. The molecule has 1 N–H and O–H groups in total. The van der Waals surface area contributed by atoms with Crippen molar-refractivity contribution >= 4 is 5.91 Å². The minimum Gasteiger partial charge on any atom is -0.379 e. The van der Waals surface area contributed by atoms with Crippen molar-refractivity contribution in [2.75, 3.05) is 32.8 Å². The van der Waals surface area contributed by atoms with Crippen LogP contribution in [0, 0.1) is 6.92 Å². The second kappa shape index (κ2) is 8.97. The highest BCUT2D eigenvalue weighted by atomic mass is 16.5. The molecule has 138 valence electrons. The molecule has 1 aliphatic heterocycles. The highest BCUT2D eigenvalue weighted by Gasteiger charge is 2.23. The van der Waals surface area contributed by atoms with Crippen molar-refractivity contribution in [2.45, 2.75) is 26.3 Å². The van der Waals surface area contributed by atoms with E-state index in [1.807, 2.05) is 31.2 Å². The lowest BCUT2D eigenvalue weighted by molar-refractivity contribution is 0.0162. The molecule has 4 nitrogen and oxygen atoms in total. The van der Waals surface area contributed by atoms with Crippen molar-refractivity contribution in [1.29, 1.82) is 0 Å². The third kappa shape index (κ3) is 4.71. The summed E-state index contributed by atoms with van der Waals surface area (Å²) in [6, 6.07) is 16.6. The lowest BCUT2D eigenvalue weighted by Crippen LogP contribution is -2.43. The van der Waals surface area contributed by atoms with E-state index in [4.69, 9.17) is 4.74 Å². The molecule has 3 rings (SSSR count). The van der Waals surface area contributed by atoms with E-state index >= 15 is 0 Å². The molecular weight excluding hydrogens is 324 g/mol. The van der Waals surface area contributed by atoms with Gasteiger partial charge in [0, 0.05) is 25.2 Å². The van der Waals surface area contributed by atoms with Gasteiger partial charge in [-0.3, -0.25) is 9.69 Å². The Morgan fingerprint density at radius 1 is 1.08 bits per heavy atom. The van der Waals surface area contributed by atoms with Gasteiger partial charge in [-0.05, 0) is 36.6 Å². The zero-order valence-corrected chi connectivity index (χ0v) is 15.7. The Morgan fingerprint density at radius 3 is 2.35 bits per heavy atom. The van der Waals surface area contributed by atoms with Crippen LogP contribution in [0.4, 0.5) is 0 Å². The zero-order valence-electron chi connectivity index (χ0n) is 15.7. The number of hydrogen-bond acceptors (Lipinski definition) is 3. The molecule has 26 heavy (non-hydrogen) atoms. The zero-order chi connectivity index (χ0) is 18.4. The molecule has 1 atom stereocenters. The van der Waals surface area contributed by atoms with Gasteiger partial charge in [-0.25, -0.2) is 0 Å². The van der Waals surface area contributed by atoms with Crippen LogP contribution in [-0.4, -0.2) is 43.7 Å². The molecule has 1 fully saturated rings. The number of aryl methyl sites for hydroxylation is 2. The molecule has 0 radical (unpaired) electrons. The molecule has 0 aromatic heterocycles. The molecule has 0 bridgehead atoms. The van der Waals surface area contributed by atoms with Crippen molar-refractivity contribution in [2.24, 2.45) is 0 Å². The van der Waals surface area contributed by atoms with E-state index in [1.54, 1.807) is 0 Å². The van der Waals surface area contributed by atoms with Crippen LogP contribution in [0.1, 0.15) is 40.0 Å². The molecule has 4 heteroatoms. The number of carbonyl (C=O) groups is 1. The van der Waals surface area contributed by atoms with Gasteiger partial charge in [0.1, 0.15) is 0 Å². The predicted molar refractivity (Wildman–Crippen MR) is 104 cm³/mol. The predicted octanol–water partition coefficient (Wildman–Crippen LogP) is 3.36. The Labute approximate surface area is 156 Å². The van der Waals surface area contributed by atoms with Crippen LogP contribution in [0.15, 0.2) is 48.5 Å². The number of hydrogen-bond donors (Lipinski definition) is 1. The molecule has 1 aliphatic rings. The summed E-state index contributed by atoms with van der Waals surface area (Å²) in [6.07, 6.45) is 1.03. The third-order valence-electron chi connectivity index (χ3n) is 5.03. The molecule has 0 saturated carbocycles. The average Bonchev–Trinajstić information content (AvgIpc) is 2.70. The first-order valence-corrected chi connectivity index (χ1v) is 9.43. The molecule has 0 spiro atoms. The van der Waals surface area contributed by atoms with Crippen LogP contribution in [0.25, 0.3) is 0 Å². The van der Waals surface area contributed by atoms with E-state index in [9.17, 15) is 4.79 Å². The van der Waals surface area contributed by atoms with Gasteiger partial charge in [0.15, 0.2) is 0 Å². The van der Waals surface area contributed by atoms with Crippen molar-refractivity contribution in [1.82, 2.24) is 10.2 Å². The minimum absolute atomic E-state index is 0.0200. The monoisotopic (exact) mass is 352 g/mol. The lowest BCUT2D eigenvalue weighted by Gasteiger charge is -2.35. The van der Waals surface area contributed by atoms with Gasteiger partial charge in [-0.15, -0.1) is 0 Å². The van der Waals surface area contributed by atoms with E-state index in [0.717, 1.165) is 38.3 Å². The number of ether oxygens (including phenoxy) is 1. The number of nitrogens with one attached hydrogen (secondary N) is 1. The van der Waals surface area contributed by atoms with Crippen LogP contribution in [0.5, 0.6) is 0 Å². The number of morpholine rings is 1.